The van der Waals surface area contributed by atoms with E-state index in [-0.39, 0.29) is 5.56 Å². The van der Waals surface area contributed by atoms with E-state index in [1.165, 1.54) is 18.0 Å². The topological polar surface area (TPSA) is 89.6 Å². The standard InChI is InChI=1S/C21H14ClN5O2S/c22-14-6-4-5-13(9-14)17-11-23-18(29-17)12-30-21-25-19-16(20(28)26-21)10-24-27(19)15-7-2-1-3-8-15/h1-11H,12H2,(H,25,26,28). The van der Waals surface area contributed by atoms with Crippen LogP contribution >= 0.6 is 23.4 Å². The van der Waals surface area contributed by atoms with Gasteiger partial charge in [0, 0.05) is 10.6 Å². The quantitative estimate of drug-likeness (QED) is 0.317. The third-order valence-corrected chi connectivity index (χ3v) is 5.51. The molecule has 0 fully saturated rings. The molecular weight excluding hydrogens is 422 g/mol. The summed E-state index contributed by atoms with van der Waals surface area (Å²) in [7, 11) is 0. The summed E-state index contributed by atoms with van der Waals surface area (Å²) in [5, 5.41) is 5.84. The van der Waals surface area contributed by atoms with Crippen LogP contribution in [0.1, 0.15) is 5.89 Å². The highest BCUT2D eigenvalue weighted by Crippen LogP contribution is 2.26. The lowest BCUT2D eigenvalue weighted by atomic mass is 10.2. The second kappa shape index (κ2) is 7.81. The van der Waals surface area contributed by atoms with Gasteiger partial charge in [0.05, 0.1) is 23.8 Å². The van der Waals surface area contributed by atoms with Crippen LogP contribution in [-0.4, -0.2) is 24.7 Å². The molecule has 0 saturated heterocycles. The van der Waals surface area contributed by atoms with Crippen molar-refractivity contribution in [2.24, 2.45) is 0 Å². The van der Waals surface area contributed by atoms with Crippen LogP contribution in [0.15, 0.2) is 81.4 Å². The molecule has 9 heteroatoms. The lowest BCUT2D eigenvalue weighted by Crippen LogP contribution is -2.09. The van der Waals surface area contributed by atoms with Crippen molar-refractivity contribution in [3.63, 3.8) is 0 Å². The average molecular weight is 436 g/mol. The Hall–Kier alpha value is -3.36. The van der Waals surface area contributed by atoms with E-state index in [9.17, 15) is 4.79 Å². The highest BCUT2D eigenvalue weighted by Gasteiger charge is 2.13. The molecular formula is C21H14ClN5O2S. The van der Waals surface area contributed by atoms with Gasteiger partial charge in [-0.3, -0.25) is 4.79 Å². The van der Waals surface area contributed by atoms with Gasteiger partial charge in [0.15, 0.2) is 16.6 Å². The van der Waals surface area contributed by atoms with Crippen LogP contribution in [0.25, 0.3) is 28.0 Å². The molecule has 0 aliphatic rings. The minimum absolute atomic E-state index is 0.239. The van der Waals surface area contributed by atoms with Crippen molar-refractivity contribution in [2.45, 2.75) is 10.9 Å². The van der Waals surface area contributed by atoms with Crippen LogP contribution in [-0.2, 0) is 5.75 Å². The van der Waals surface area contributed by atoms with E-state index < -0.39 is 0 Å². The Morgan fingerprint density at radius 3 is 2.80 bits per heavy atom. The molecule has 0 amide bonds. The van der Waals surface area contributed by atoms with Gasteiger partial charge in [-0.05, 0) is 24.3 Å². The number of hydrogen-bond donors (Lipinski definition) is 1. The van der Waals surface area contributed by atoms with Crippen LogP contribution in [0.3, 0.4) is 0 Å². The Morgan fingerprint density at radius 2 is 1.97 bits per heavy atom. The number of oxazole rings is 1. The van der Waals surface area contributed by atoms with Crippen molar-refractivity contribution in [3.05, 3.63) is 88.3 Å². The second-order valence-electron chi connectivity index (χ2n) is 6.42. The fourth-order valence-corrected chi connectivity index (χ4v) is 3.91. The molecule has 30 heavy (non-hydrogen) atoms. The number of nitrogens with one attached hydrogen (secondary N) is 1. The van der Waals surface area contributed by atoms with E-state index in [1.807, 2.05) is 48.5 Å². The number of rotatable bonds is 5. The fourth-order valence-electron chi connectivity index (χ4n) is 3.01. The number of thioether (sulfide) groups is 1. The second-order valence-corrected chi connectivity index (χ2v) is 7.82. The van der Waals surface area contributed by atoms with Gasteiger partial charge in [-0.1, -0.05) is 53.7 Å². The van der Waals surface area contributed by atoms with Crippen LogP contribution in [0.4, 0.5) is 0 Å². The lowest BCUT2D eigenvalue weighted by Gasteiger charge is -2.03. The molecule has 0 aliphatic heterocycles. The SMILES string of the molecule is O=c1[nH]c(SCc2ncc(-c3cccc(Cl)c3)o2)nc2c1cnn2-c1ccccc1. The van der Waals surface area contributed by atoms with Crippen LogP contribution < -0.4 is 5.56 Å². The predicted molar refractivity (Wildman–Crippen MR) is 116 cm³/mol. The number of hydrogen-bond acceptors (Lipinski definition) is 6. The molecule has 0 atom stereocenters. The highest BCUT2D eigenvalue weighted by atomic mass is 35.5. The number of aromatic nitrogens is 5. The zero-order valence-corrected chi connectivity index (χ0v) is 17.0. The summed E-state index contributed by atoms with van der Waals surface area (Å²) in [6.07, 6.45) is 3.18. The van der Waals surface area contributed by atoms with E-state index in [1.54, 1.807) is 16.9 Å². The molecule has 148 valence electrons. The normalized spacial score (nSPS) is 11.2. The molecule has 0 unspecified atom stereocenters. The molecule has 5 rings (SSSR count). The fraction of sp³-hybridized carbons (Fsp3) is 0.0476. The number of benzene rings is 2. The Kier molecular flexibility index (Phi) is 4.86. The maximum Gasteiger partial charge on any atom is 0.262 e. The monoisotopic (exact) mass is 435 g/mol. The van der Waals surface area contributed by atoms with Gasteiger partial charge in [0.2, 0.25) is 5.89 Å². The third-order valence-electron chi connectivity index (χ3n) is 4.41. The van der Waals surface area contributed by atoms with E-state index in [4.69, 9.17) is 16.0 Å². The first-order valence-electron chi connectivity index (χ1n) is 9.04. The van der Waals surface area contributed by atoms with E-state index in [2.05, 4.69) is 20.1 Å². The first kappa shape index (κ1) is 18.7. The average Bonchev–Trinajstić information content (AvgIpc) is 3.40. The van der Waals surface area contributed by atoms with Gasteiger partial charge in [0.1, 0.15) is 5.39 Å². The van der Waals surface area contributed by atoms with Gasteiger partial charge < -0.3 is 9.40 Å². The van der Waals surface area contributed by atoms with Crippen LogP contribution in [0.5, 0.6) is 0 Å². The molecule has 7 nitrogen and oxygen atoms in total. The molecule has 0 saturated carbocycles. The van der Waals surface area contributed by atoms with Crippen molar-refractivity contribution in [1.29, 1.82) is 0 Å². The number of aromatic amines is 1. The minimum Gasteiger partial charge on any atom is -0.440 e. The smallest absolute Gasteiger partial charge is 0.262 e. The Labute approximate surface area is 179 Å². The summed E-state index contributed by atoms with van der Waals surface area (Å²) in [4.78, 5) is 24.1. The number of nitrogens with zero attached hydrogens (tertiary/aromatic N) is 4. The lowest BCUT2D eigenvalue weighted by molar-refractivity contribution is 0.530. The molecule has 2 aromatic carbocycles. The van der Waals surface area contributed by atoms with Gasteiger partial charge in [0.25, 0.3) is 5.56 Å². The predicted octanol–water partition coefficient (Wildman–Crippen LogP) is 4.71. The van der Waals surface area contributed by atoms with Crippen molar-refractivity contribution >= 4 is 34.4 Å². The van der Waals surface area contributed by atoms with Crippen LogP contribution in [0.2, 0.25) is 5.02 Å². The third kappa shape index (κ3) is 3.62. The van der Waals surface area contributed by atoms with Gasteiger partial charge in [-0.15, -0.1) is 0 Å². The summed E-state index contributed by atoms with van der Waals surface area (Å²) < 4.78 is 7.46. The maximum atomic E-state index is 12.5. The van der Waals surface area contributed by atoms with Gasteiger partial charge in [-0.2, -0.15) is 5.10 Å². The van der Waals surface area contributed by atoms with Crippen molar-refractivity contribution < 1.29 is 4.42 Å². The molecule has 5 aromatic rings. The highest BCUT2D eigenvalue weighted by molar-refractivity contribution is 7.98. The molecule has 0 radical (unpaired) electrons. The summed E-state index contributed by atoms with van der Waals surface area (Å²) in [5.74, 6) is 1.57. The first-order valence-corrected chi connectivity index (χ1v) is 10.4. The van der Waals surface area contributed by atoms with E-state index in [0.29, 0.717) is 38.6 Å². The first-order chi connectivity index (χ1) is 14.7. The van der Waals surface area contributed by atoms with E-state index >= 15 is 0 Å². The Morgan fingerprint density at radius 1 is 1.10 bits per heavy atom. The summed E-state index contributed by atoms with van der Waals surface area (Å²) >= 11 is 7.37. The number of halogens is 1. The number of para-hydroxylation sites is 1. The van der Waals surface area contributed by atoms with E-state index in [0.717, 1.165) is 11.3 Å². The van der Waals surface area contributed by atoms with Crippen molar-refractivity contribution in [2.75, 3.05) is 0 Å². The van der Waals surface area contributed by atoms with Crippen molar-refractivity contribution in [1.82, 2.24) is 24.7 Å². The number of fused-ring (bicyclic) bond motifs is 1. The summed E-state index contributed by atoms with van der Waals surface area (Å²) in [6, 6.07) is 16.9. The van der Waals surface area contributed by atoms with Crippen molar-refractivity contribution in [3.8, 4) is 17.0 Å². The molecule has 0 bridgehead atoms. The molecule has 0 spiro atoms. The summed E-state index contributed by atoms with van der Waals surface area (Å²) in [6.45, 7) is 0. The van der Waals surface area contributed by atoms with Crippen LogP contribution in [0, 0.1) is 0 Å². The molecule has 0 aliphatic carbocycles. The minimum atomic E-state index is -0.239. The Bertz CT molecular complexity index is 1390. The largest absolute Gasteiger partial charge is 0.440 e. The van der Waals surface area contributed by atoms with Gasteiger partial charge >= 0.3 is 0 Å². The number of H-pyrrole nitrogens is 1. The molecule has 3 aromatic heterocycles. The Balaban J connectivity index is 1.40. The zero-order chi connectivity index (χ0) is 20.5. The molecule has 1 N–H and O–H groups in total. The van der Waals surface area contributed by atoms with Gasteiger partial charge in [-0.25, -0.2) is 14.6 Å². The maximum absolute atomic E-state index is 12.5. The summed E-state index contributed by atoms with van der Waals surface area (Å²) in [5.41, 5.74) is 1.95. The molecule has 3 heterocycles. The zero-order valence-electron chi connectivity index (χ0n) is 15.4.